The number of benzene rings is 2. The number of ether oxygens (including phenoxy) is 1. The molecule has 6 nitrogen and oxygen atoms in total. The van der Waals surface area contributed by atoms with Gasteiger partial charge in [-0.3, -0.25) is 9.36 Å². The molecule has 0 spiro atoms. The minimum atomic E-state index is -0.646. The van der Waals surface area contributed by atoms with Crippen LogP contribution in [-0.2, 0) is 9.53 Å². The number of aromatic hydroxyl groups is 1. The highest BCUT2D eigenvalue weighted by Gasteiger charge is 2.35. The van der Waals surface area contributed by atoms with Gasteiger partial charge in [-0.05, 0) is 42.1 Å². The van der Waals surface area contributed by atoms with Crippen LogP contribution < -0.4 is 14.9 Å². The van der Waals surface area contributed by atoms with Crippen LogP contribution in [0.15, 0.2) is 87.5 Å². The molecule has 170 valence electrons. The number of thiazole rings is 1. The lowest BCUT2D eigenvalue weighted by Gasteiger charge is -2.24. The number of hydrogen-bond donors (Lipinski definition) is 1. The molecule has 1 atom stereocenters. The summed E-state index contributed by atoms with van der Waals surface area (Å²) >= 11 is 2.75. The molecule has 0 fully saturated rings. The van der Waals surface area contributed by atoms with Gasteiger partial charge in [-0.1, -0.05) is 59.9 Å². The second-order valence-corrected chi connectivity index (χ2v) is 9.53. The van der Waals surface area contributed by atoms with Crippen molar-refractivity contribution in [1.82, 2.24) is 4.57 Å². The van der Waals surface area contributed by atoms with E-state index in [0.29, 0.717) is 20.6 Å². The summed E-state index contributed by atoms with van der Waals surface area (Å²) < 4.78 is 7.51. The molecule has 2 aromatic heterocycles. The van der Waals surface area contributed by atoms with Crippen molar-refractivity contribution in [3.05, 3.63) is 113 Å². The molecule has 0 aliphatic carbocycles. The SMILES string of the molecule is CCOC(=O)C1=C(c2ccccc2)N=c2sc(=Cc3ccc(O)cc3)c(=O)n2C1c1cccs1. The summed E-state index contributed by atoms with van der Waals surface area (Å²) in [6, 6.07) is 19.3. The Morgan fingerprint density at radius 3 is 2.56 bits per heavy atom. The van der Waals surface area contributed by atoms with E-state index in [4.69, 9.17) is 9.73 Å². The van der Waals surface area contributed by atoms with Gasteiger partial charge in [0.2, 0.25) is 0 Å². The van der Waals surface area contributed by atoms with Gasteiger partial charge in [-0.2, -0.15) is 0 Å². The third kappa shape index (κ3) is 4.02. The van der Waals surface area contributed by atoms with Gasteiger partial charge in [-0.25, -0.2) is 9.79 Å². The lowest BCUT2D eigenvalue weighted by Crippen LogP contribution is -2.39. The number of aromatic nitrogens is 1. The molecule has 0 saturated carbocycles. The third-order valence-electron chi connectivity index (χ3n) is 5.38. The highest BCUT2D eigenvalue weighted by Crippen LogP contribution is 2.36. The number of phenolic OH excluding ortho intramolecular Hbond substituents is 1. The van der Waals surface area contributed by atoms with Gasteiger partial charge in [0.1, 0.15) is 11.8 Å². The fourth-order valence-electron chi connectivity index (χ4n) is 3.88. The van der Waals surface area contributed by atoms with Gasteiger partial charge in [0, 0.05) is 10.4 Å². The molecule has 1 aliphatic rings. The van der Waals surface area contributed by atoms with Crippen molar-refractivity contribution < 1.29 is 14.6 Å². The van der Waals surface area contributed by atoms with Crippen molar-refractivity contribution in [1.29, 1.82) is 0 Å². The van der Waals surface area contributed by atoms with Gasteiger partial charge in [0.05, 0.1) is 22.4 Å². The number of thiophene rings is 1. The molecule has 0 radical (unpaired) electrons. The first kappa shape index (κ1) is 22.1. The maximum atomic E-state index is 13.6. The van der Waals surface area contributed by atoms with Gasteiger partial charge >= 0.3 is 5.97 Å². The van der Waals surface area contributed by atoms with E-state index in [-0.39, 0.29) is 17.9 Å². The Bertz CT molecular complexity index is 1550. The van der Waals surface area contributed by atoms with Crippen LogP contribution in [0, 0.1) is 0 Å². The average molecular weight is 489 g/mol. The Hall–Kier alpha value is -3.75. The minimum absolute atomic E-state index is 0.155. The minimum Gasteiger partial charge on any atom is -0.508 e. The normalized spacial score (nSPS) is 15.7. The third-order valence-corrected chi connectivity index (χ3v) is 7.28. The first-order valence-corrected chi connectivity index (χ1v) is 12.4. The summed E-state index contributed by atoms with van der Waals surface area (Å²) in [7, 11) is 0. The van der Waals surface area contributed by atoms with Gasteiger partial charge < -0.3 is 9.84 Å². The Morgan fingerprint density at radius 2 is 1.88 bits per heavy atom. The summed E-state index contributed by atoms with van der Waals surface area (Å²) in [5.74, 6) is -0.334. The first-order valence-electron chi connectivity index (χ1n) is 10.7. The van der Waals surface area contributed by atoms with Crippen molar-refractivity contribution >= 4 is 40.4 Å². The van der Waals surface area contributed by atoms with Crippen molar-refractivity contribution in [2.45, 2.75) is 13.0 Å². The standard InChI is InChI=1S/C26H20N2O4S2/c1-2-32-25(31)21-22(17-7-4-3-5-8-17)27-26-28(23(21)19-9-6-14-33-19)24(30)20(34-26)15-16-10-12-18(29)13-11-16/h3-15,23,29H,2H2,1H3. The van der Waals surface area contributed by atoms with Crippen LogP contribution in [-0.4, -0.2) is 22.2 Å². The lowest BCUT2D eigenvalue weighted by atomic mass is 9.97. The number of phenols is 1. The summed E-state index contributed by atoms with van der Waals surface area (Å²) in [6.45, 7) is 1.97. The number of esters is 1. The number of carbonyl (C=O) groups excluding carboxylic acids is 1. The van der Waals surface area contributed by atoms with Crippen molar-refractivity contribution in [2.75, 3.05) is 6.61 Å². The van der Waals surface area contributed by atoms with E-state index in [9.17, 15) is 14.7 Å². The topological polar surface area (TPSA) is 80.9 Å². The van der Waals surface area contributed by atoms with Crippen LogP contribution in [0.4, 0.5) is 0 Å². The van der Waals surface area contributed by atoms with E-state index in [1.807, 2.05) is 47.8 Å². The predicted molar refractivity (Wildman–Crippen MR) is 133 cm³/mol. The van der Waals surface area contributed by atoms with E-state index in [1.165, 1.54) is 22.7 Å². The fourth-order valence-corrected chi connectivity index (χ4v) is 5.70. The quantitative estimate of drug-likeness (QED) is 0.435. The van der Waals surface area contributed by atoms with Crippen LogP contribution in [0.25, 0.3) is 11.8 Å². The Morgan fingerprint density at radius 1 is 1.12 bits per heavy atom. The van der Waals surface area contributed by atoms with Crippen LogP contribution >= 0.6 is 22.7 Å². The van der Waals surface area contributed by atoms with E-state index >= 15 is 0 Å². The molecule has 0 bridgehead atoms. The highest BCUT2D eigenvalue weighted by atomic mass is 32.1. The number of rotatable bonds is 5. The summed E-state index contributed by atoms with van der Waals surface area (Å²) in [4.78, 5) is 33.0. The van der Waals surface area contributed by atoms with E-state index in [0.717, 1.165) is 16.0 Å². The van der Waals surface area contributed by atoms with Gasteiger partial charge in [-0.15, -0.1) is 11.3 Å². The van der Waals surface area contributed by atoms with Crippen LogP contribution in [0.5, 0.6) is 5.75 Å². The van der Waals surface area contributed by atoms with E-state index in [1.54, 1.807) is 41.8 Å². The molecule has 3 heterocycles. The summed E-state index contributed by atoms with van der Waals surface area (Å²) in [5, 5.41) is 11.5. The largest absolute Gasteiger partial charge is 0.508 e. The molecule has 5 rings (SSSR count). The lowest BCUT2D eigenvalue weighted by molar-refractivity contribution is -0.138. The monoisotopic (exact) mass is 488 g/mol. The number of fused-ring (bicyclic) bond motifs is 1. The maximum Gasteiger partial charge on any atom is 0.338 e. The van der Waals surface area contributed by atoms with E-state index in [2.05, 4.69) is 0 Å². The number of nitrogens with zero attached hydrogens (tertiary/aromatic N) is 2. The zero-order valence-corrected chi connectivity index (χ0v) is 19.8. The molecule has 4 aromatic rings. The van der Waals surface area contributed by atoms with Crippen LogP contribution in [0.1, 0.15) is 29.0 Å². The summed E-state index contributed by atoms with van der Waals surface area (Å²) in [6.07, 6.45) is 1.77. The van der Waals surface area contributed by atoms with Crippen LogP contribution in [0.3, 0.4) is 0 Å². The molecule has 34 heavy (non-hydrogen) atoms. The Labute approximate surface area is 203 Å². The zero-order chi connectivity index (χ0) is 23.7. The summed E-state index contributed by atoms with van der Waals surface area (Å²) in [5.41, 5.74) is 2.19. The second kappa shape index (κ2) is 9.24. The first-order chi connectivity index (χ1) is 16.6. The Kier molecular flexibility index (Phi) is 6.00. The van der Waals surface area contributed by atoms with Crippen molar-refractivity contribution in [3.8, 4) is 5.75 Å². The van der Waals surface area contributed by atoms with E-state index < -0.39 is 12.0 Å². The number of hydrogen-bond acceptors (Lipinski definition) is 7. The predicted octanol–water partition coefficient (Wildman–Crippen LogP) is 3.70. The molecule has 1 unspecified atom stereocenters. The molecule has 2 aromatic carbocycles. The molecule has 1 aliphatic heterocycles. The van der Waals surface area contributed by atoms with Crippen molar-refractivity contribution in [3.63, 3.8) is 0 Å². The van der Waals surface area contributed by atoms with Gasteiger partial charge in [0.25, 0.3) is 5.56 Å². The number of carbonyl (C=O) groups is 1. The second-order valence-electron chi connectivity index (χ2n) is 7.54. The average Bonchev–Trinajstić information content (AvgIpc) is 3.49. The smallest absolute Gasteiger partial charge is 0.338 e. The maximum absolute atomic E-state index is 13.6. The molecule has 0 amide bonds. The molecule has 1 N–H and O–H groups in total. The zero-order valence-electron chi connectivity index (χ0n) is 18.2. The molecular weight excluding hydrogens is 468 g/mol. The van der Waals surface area contributed by atoms with Crippen molar-refractivity contribution in [2.24, 2.45) is 4.99 Å². The van der Waals surface area contributed by atoms with Gasteiger partial charge in [0.15, 0.2) is 4.80 Å². The molecule has 8 heteroatoms. The molecule has 0 saturated heterocycles. The highest BCUT2D eigenvalue weighted by molar-refractivity contribution is 7.10. The Balaban J connectivity index is 1.81. The van der Waals surface area contributed by atoms with Crippen LogP contribution in [0.2, 0.25) is 0 Å². The fraction of sp³-hybridized carbons (Fsp3) is 0.115. The molecular formula is C26H20N2O4S2.